The first kappa shape index (κ1) is 15.3. The van der Waals surface area contributed by atoms with Crippen LogP contribution in [0.1, 0.15) is 41.0 Å². The molecule has 0 aromatic carbocycles. The van der Waals surface area contributed by atoms with Gasteiger partial charge in [-0.1, -0.05) is 27.7 Å². The van der Waals surface area contributed by atoms with E-state index in [4.69, 9.17) is 0 Å². The lowest BCUT2D eigenvalue weighted by molar-refractivity contribution is 0.177. The van der Waals surface area contributed by atoms with E-state index in [2.05, 4.69) is 63.6 Å². The number of hydrogen-bond donors (Lipinski definition) is 1. The average Bonchev–Trinajstić information content (AvgIpc) is 2.23. The quantitative estimate of drug-likeness (QED) is 0.835. The maximum atomic E-state index is 3.48. The van der Waals surface area contributed by atoms with Crippen LogP contribution in [0.5, 0.6) is 0 Å². The molecule has 3 atom stereocenters. The van der Waals surface area contributed by atoms with Crippen molar-refractivity contribution >= 4 is 11.8 Å². The van der Waals surface area contributed by atoms with E-state index in [-0.39, 0.29) is 0 Å². The predicted molar refractivity (Wildman–Crippen MR) is 79.9 cm³/mol. The Morgan fingerprint density at radius 2 is 2.00 bits per heavy atom. The van der Waals surface area contributed by atoms with Crippen LogP contribution in [-0.2, 0) is 0 Å². The van der Waals surface area contributed by atoms with Gasteiger partial charge in [0, 0.05) is 29.6 Å². The lowest BCUT2D eigenvalue weighted by atomic mass is 9.84. The molecule has 0 amide bonds. The van der Waals surface area contributed by atoms with Gasteiger partial charge in [0.15, 0.2) is 0 Å². The highest BCUT2D eigenvalue weighted by Crippen LogP contribution is 2.26. The van der Waals surface area contributed by atoms with Gasteiger partial charge in [0.05, 0.1) is 0 Å². The highest BCUT2D eigenvalue weighted by molar-refractivity contribution is 8.00. The highest BCUT2D eigenvalue weighted by Gasteiger charge is 2.28. The van der Waals surface area contributed by atoms with Crippen molar-refractivity contribution in [3.63, 3.8) is 0 Å². The lowest BCUT2D eigenvalue weighted by Crippen LogP contribution is -2.47. The molecule has 1 rings (SSSR count). The Labute approximate surface area is 112 Å². The van der Waals surface area contributed by atoms with Crippen LogP contribution in [0, 0.1) is 5.41 Å². The monoisotopic (exact) mass is 258 g/mol. The summed E-state index contributed by atoms with van der Waals surface area (Å²) in [5.74, 6) is 1.30. The molecular weight excluding hydrogens is 228 g/mol. The summed E-state index contributed by atoms with van der Waals surface area (Å²) < 4.78 is 0. The molecule has 1 aliphatic rings. The van der Waals surface area contributed by atoms with Gasteiger partial charge in [0.25, 0.3) is 0 Å². The van der Waals surface area contributed by atoms with Crippen LogP contribution in [-0.4, -0.2) is 48.1 Å². The summed E-state index contributed by atoms with van der Waals surface area (Å²) in [6.07, 6.45) is 1.25. The van der Waals surface area contributed by atoms with Crippen LogP contribution in [0.15, 0.2) is 0 Å². The molecular formula is C14H30N2S. The molecule has 1 N–H and O–H groups in total. The van der Waals surface area contributed by atoms with Gasteiger partial charge in [-0.25, -0.2) is 0 Å². The zero-order valence-corrected chi connectivity index (χ0v) is 13.2. The number of nitrogens with one attached hydrogen (secondary N) is 1. The van der Waals surface area contributed by atoms with Crippen molar-refractivity contribution in [3.8, 4) is 0 Å². The van der Waals surface area contributed by atoms with E-state index < -0.39 is 0 Å². The first-order valence-corrected chi connectivity index (χ1v) is 7.94. The largest absolute Gasteiger partial charge is 0.316 e. The molecule has 0 aliphatic carbocycles. The molecule has 1 aliphatic heterocycles. The van der Waals surface area contributed by atoms with E-state index in [1.165, 1.54) is 25.3 Å². The Kier molecular flexibility index (Phi) is 5.81. The van der Waals surface area contributed by atoms with Crippen molar-refractivity contribution in [1.82, 2.24) is 10.2 Å². The minimum absolute atomic E-state index is 0.355. The smallest absolute Gasteiger partial charge is 0.0184 e. The maximum Gasteiger partial charge on any atom is 0.0184 e. The van der Waals surface area contributed by atoms with Gasteiger partial charge in [-0.15, -0.1) is 0 Å². The Balaban J connectivity index is 2.43. The van der Waals surface area contributed by atoms with Crippen LogP contribution < -0.4 is 5.32 Å². The molecule has 3 heteroatoms. The van der Waals surface area contributed by atoms with Crippen molar-refractivity contribution in [1.29, 1.82) is 0 Å². The van der Waals surface area contributed by atoms with Gasteiger partial charge in [0.2, 0.25) is 0 Å². The maximum absolute atomic E-state index is 3.48. The zero-order chi connectivity index (χ0) is 13.1. The fourth-order valence-electron chi connectivity index (χ4n) is 2.62. The van der Waals surface area contributed by atoms with Gasteiger partial charge in [0.1, 0.15) is 0 Å². The van der Waals surface area contributed by atoms with Gasteiger partial charge >= 0.3 is 0 Å². The minimum Gasteiger partial charge on any atom is -0.316 e. The molecule has 1 fully saturated rings. The minimum atomic E-state index is 0.355. The standard InChI is InChI=1S/C14H30N2S/c1-11-12(2)17-10-9-16(11)8-7-13(15-6)14(3,4)5/h11-13,15H,7-10H2,1-6H3. The van der Waals surface area contributed by atoms with Crippen LogP contribution in [0.3, 0.4) is 0 Å². The Morgan fingerprint density at radius 1 is 1.35 bits per heavy atom. The Bertz CT molecular complexity index is 225. The number of nitrogens with zero attached hydrogens (tertiary/aromatic N) is 1. The predicted octanol–water partition coefficient (Wildman–Crippen LogP) is 2.84. The molecule has 0 aromatic heterocycles. The fourth-order valence-corrected chi connectivity index (χ4v) is 3.78. The second-order valence-electron chi connectivity index (χ2n) is 6.35. The average molecular weight is 258 g/mol. The summed E-state index contributed by atoms with van der Waals surface area (Å²) in [4.78, 5) is 2.66. The fraction of sp³-hybridized carbons (Fsp3) is 1.00. The van der Waals surface area contributed by atoms with E-state index >= 15 is 0 Å². The molecule has 0 spiro atoms. The van der Waals surface area contributed by atoms with Crippen molar-refractivity contribution < 1.29 is 0 Å². The second kappa shape index (κ2) is 6.44. The first-order valence-electron chi connectivity index (χ1n) is 6.89. The molecule has 0 saturated carbocycles. The topological polar surface area (TPSA) is 15.3 Å². The summed E-state index contributed by atoms with van der Waals surface area (Å²) >= 11 is 2.12. The van der Waals surface area contributed by atoms with Crippen molar-refractivity contribution in [3.05, 3.63) is 0 Å². The van der Waals surface area contributed by atoms with Gasteiger partial charge in [-0.2, -0.15) is 11.8 Å². The highest BCUT2D eigenvalue weighted by atomic mass is 32.2. The third kappa shape index (κ3) is 4.46. The van der Waals surface area contributed by atoms with E-state index in [0.29, 0.717) is 11.5 Å². The summed E-state index contributed by atoms with van der Waals surface area (Å²) in [6, 6.07) is 1.34. The molecule has 17 heavy (non-hydrogen) atoms. The normalized spacial score (nSPS) is 29.3. The van der Waals surface area contributed by atoms with Gasteiger partial charge in [-0.3, -0.25) is 4.90 Å². The molecule has 3 unspecified atom stereocenters. The van der Waals surface area contributed by atoms with Crippen LogP contribution in [0.25, 0.3) is 0 Å². The van der Waals surface area contributed by atoms with Crippen LogP contribution in [0.4, 0.5) is 0 Å². The molecule has 0 radical (unpaired) electrons. The van der Waals surface area contributed by atoms with Gasteiger partial charge in [-0.05, 0) is 32.4 Å². The molecule has 1 saturated heterocycles. The Morgan fingerprint density at radius 3 is 2.53 bits per heavy atom. The van der Waals surface area contributed by atoms with E-state index in [1.54, 1.807) is 0 Å². The van der Waals surface area contributed by atoms with E-state index in [9.17, 15) is 0 Å². The lowest BCUT2D eigenvalue weighted by Gasteiger charge is -2.39. The van der Waals surface area contributed by atoms with Crippen molar-refractivity contribution in [2.75, 3.05) is 25.9 Å². The number of rotatable bonds is 4. The van der Waals surface area contributed by atoms with E-state index in [0.717, 1.165) is 11.3 Å². The third-order valence-corrected chi connectivity index (χ3v) is 5.45. The second-order valence-corrected chi connectivity index (χ2v) is 7.83. The number of hydrogen-bond acceptors (Lipinski definition) is 3. The van der Waals surface area contributed by atoms with Crippen LogP contribution in [0.2, 0.25) is 0 Å². The SMILES string of the molecule is CNC(CCN1CCSC(C)C1C)C(C)(C)C. The van der Waals surface area contributed by atoms with E-state index in [1.807, 2.05) is 0 Å². The zero-order valence-electron chi connectivity index (χ0n) is 12.4. The first-order chi connectivity index (χ1) is 7.86. The third-order valence-electron chi connectivity index (χ3n) is 4.11. The Hall–Kier alpha value is 0.270. The molecule has 1 heterocycles. The van der Waals surface area contributed by atoms with Crippen molar-refractivity contribution in [2.45, 2.75) is 58.4 Å². The van der Waals surface area contributed by atoms with Gasteiger partial charge < -0.3 is 5.32 Å². The number of thioether (sulfide) groups is 1. The summed E-state index contributed by atoms with van der Waals surface area (Å²) in [5, 5.41) is 4.26. The molecule has 0 bridgehead atoms. The molecule has 102 valence electrons. The summed E-state index contributed by atoms with van der Waals surface area (Å²) in [5.41, 5.74) is 0.355. The molecule has 2 nitrogen and oxygen atoms in total. The van der Waals surface area contributed by atoms with Crippen LogP contribution >= 0.6 is 11.8 Å². The summed E-state index contributed by atoms with van der Waals surface area (Å²) in [6.45, 7) is 14.2. The van der Waals surface area contributed by atoms with Crippen molar-refractivity contribution in [2.24, 2.45) is 5.41 Å². The summed E-state index contributed by atoms with van der Waals surface area (Å²) in [7, 11) is 2.09. The molecule has 0 aromatic rings.